The van der Waals surface area contributed by atoms with Crippen LogP contribution >= 0.6 is 23.1 Å². The van der Waals surface area contributed by atoms with Crippen molar-refractivity contribution in [1.82, 2.24) is 9.88 Å². The zero-order valence-electron chi connectivity index (χ0n) is 15.2. The summed E-state index contributed by atoms with van der Waals surface area (Å²) in [4.78, 5) is 18.9. The van der Waals surface area contributed by atoms with Gasteiger partial charge in [0.15, 0.2) is 14.2 Å². The van der Waals surface area contributed by atoms with Crippen LogP contribution in [0.1, 0.15) is 17.2 Å². The molecule has 2 aromatic carbocycles. The highest BCUT2D eigenvalue weighted by Gasteiger charge is 2.32. The third-order valence-electron chi connectivity index (χ3n) is 4.86. The van der Waals surface area contributed by atoms with Crippen LogP contribution in [0.25, 0.3) is 10.2 Å². The topological polar surface area (TPSA) is 67.3 Å². The summed E-state index contributed by atoms with van der Waals surface area (Å²) >= 11 is 2.99. The van der Waals surface area contributed by atoms with Gasteiger partial charge in [0.05, 0.1) is 27.0 Å². The quantitative estimate of drug-likeness (QED) is 0.587. The summed E-state index contributed by atoms with van der Waals surface area (Å²) in [7, 11) is -3.27. The van der Waals surface area contributed by atoms with E-state index in [0.29, 0.717) is 13.0 Å². The van der Waals surface area contributed by atoms with E-state index in [0.717, 1.165) is 20.1 Å². The second-order valence-corrected chi connectivity index (χ2v) is 11.2. The van der Waals surface area contributed by atoms with Crippen LogP contribution in [0.15, 0.2) is 58.9 Å². The number of fused-ring (bicyclic) bond motifs is 1. The van der Waals surface area contributed by atoms with Gasteiger partial charge in [-0.15, -0.1) is 11.3 Å². The minimum Gasteiger partial charge on any atom is -0.341 e. The Hall–Kier alpha value is -1.90. The Balaban J connectivity index is 1.41. The van der Waals surface area contributed by atoms with Gasteiger partial charge >= 0.3 is 0 Å². The third kappa shape index (κ3) is 4.24. The van der Waals surface area contributed by atoms with Crippen LogP contribution in [-0.2, 0) is 14.6 Å². The van der Waals surface area contributed by atoms with E-state index in [9.17, 15) is 13.2 Å². The number of hydrogen-bond donors (Lipinski definition) is 0. The predicted molar refractivity (Wildman–Crippen MR) is 115 cm³/mol. The molecular weight excluding hydrogens is 412 g/mol. The van der Waals surface area contributed by atoms with Gasteiger partial charge in [-0.05, 0) is 24.1 Å². The first kappa shape index (κ1) is 19.4. The van der Waals surface area contributed by atoms with Crippen molar-refractivity contribution in [3.05, 3.63) is 60.2 Å². The Morgan fingerprint density at radius 2 is 1.86 bits per heavy atom. The molecule has 0 N–H and O–H groups in total. The average Bonchev–Trinajstić information content (AvgIpc) is 3.04. The van der Waals surface area contributed by atoms with Crippen molar-refractivity contribution in [1.29, 1.82) is 0 Å². The number of rotatable bonds is 4. The fraction of sp³-hybridized carbons (Fsp3) is 0.300. The fourth-order valence-corrected chi connectivity index (χ4v) is 7.13. The van der Waals surface area contributed by atoms with Gasteiger partial charge < -0.3 is 4.90 Å². The van der Waals surface area contributed by atoms with Gasteiger partial charge in [-0.2, -0.15) is 0 Å². The highest BCUT2D eigenvalue weighted by Crippen LogP contribution is 2.31. The number of nitrogens with zero attached hydrogens (tertiary/aromatic N) is 2. The standard InChI is InChI=1S/C20H20N2O3S3/c23-19(14-26-20-21-16-8-4-5-9-17(16)27-20)22-11-10-18(28(24,25)13-12-22)15-6-2-1-3-7-15/h1-9,18H,10-14H2/t18-/m1/s1. The molecule has 4 rings (SSSR count). The molecular formula is C20H20N2O3S3. The average molecular weight is 433 g/mol. The Morgan fingerprint density at radius 3 is 2.64 bits per heavy atom. The molecule has 0 radical (unpaired) electrons. The highest BCUT2D eigenvalue weighted by molar-refractivity contribution is 8.01. The Morgan fingerprint density at radius 1 is 1.11 bits per heavy atom. The van der Waals surface area contributed by atoms with Gasteiger partial charge in [-0.3, -0.25) is 4.79 Å². The van der Waals surface area contributed by atoms with Crippen molar-refractivity contribution in [3.8, 4) is 0 Å². The molecule has 28 heavy (non-hydrogen) atoms. The molecule has 0 bridgehead atoms. The Bertz CT molecular complexity index is 1050. The number of amides is 1. The smallest absolute Gasteiger partial charge is 0.233 e. The van der Waals surface area contributed by atoms with Crippen molar-refractivity contribution in [2.75, 3.05) is 24.6 Å². The zero-order valence-corrected chi connectivity index (χ0v) is 17.6. The molecule has 1 amide bonds. The van der Waals surface area contributed by atoms with Crippen molar-refractivity contribution in [2.45, 2.75) is 16.0 Å². The monoisotopic (exact) mass is 432 g/mol. The fourth-order valence-electron chi connectivity index (χ4n) is 3.36. The molecule has 0 aliphatic carbocycles. The van der Waals surface area contributed by atoms with Crippen LogP contribution < -0.4 is 0 Å². The molecule has 8 heteroatoms. The zero-order chi connectivity index (χ0) is 19.6. The van der Waals surface area contributed by atoms with Crippen molar-refractivity contribution in [2.24, 2.45) is 0 Å². The maximum Gasteiger partial charge on any atom is 0.233 e. The largest absolute Gasteiger partial charge is 0.341 e. The van der Waals surface area contributed by atoms with E-state index < -0.39 is 15.1 Å². The van der Waals surface area contributed by atoms with Gasteiger partial charge in [-0.1, -0.05) is 54.2 Å². The molecule has 146 valence electrons. The van der Waals surface area contributed by atoms with Gasteiger partial charge in [0.2, 0.25) is 5.91 Å². The van der Waals surface area contributed by atoms with Gasteiger partial charge in [0, 0.05) is 13.1 Å². The summed E-state index contributed by atoms with van der Waals surface area (Å²) < 4.78 is 27.4. The molecule has 5 nitrogen and oxygen atoms in total. The van der Waals surface area contributed by atoms with Gasteiger partial charge in [-0.25, -0.2) is 13.4 Å². The molecule has 1 aromatic heterocycles. The maximum atomic E-state index is 12.7. The lowest BCUT2D eigenvalue weighted by Crippen LogP contribution is -2.34. The molecule has 1 saturated heterocycles. The SMILES string of the molecule is O=C(CSc1nc2ccccc2s1)N1CC[C@H](c2ccccc2)S(=O)(=O)CC1. The highest BCUT2D eigenvalue weighted by atomic mass is 32.2. The van der Waals surface area contributed by atoms with Crippen LogP contribution in [-0.4, -0.2) is 48.8 Å². The second-order valence-electron chi connectivity index (χ2n) is 6.67. The number of aromatic nitrogens is 1. The normalized spacial score (nSPS) is 19.4. The number of hydrogen-bond acceptors (Lipinski definition) is 6. The number of thioether (sulfide) groups is 1. The summed E-state index contributed by atoms with van der Waals surface area (Å²) in [6.45, 7) is 0.711. The van der Waals surface area contributed by atoms with E-state index in [-0.39, 0.29) is 24.0 Å². The van der Waals surface area contributed by atoms with Crippen molar-refractivity contribution < 1.29 is 13.2 Å². The lowest BCUT2D eigenvalue weighted by atomic mass is 10.1. The van der Waals surface area contributed by atoms with E-state index in [1.807, 2.05) is 54.6 Å². The lowest BCUT2D eigenvalue weighted by molar-refractivity contribution is -0.128. The van der Waals surface area contributed by atoms with Crippen LogP contribution in [0.4, 0.5) is 0 Å². The number of carbonyl (C=O) groups is 1. The Kier molecular flexibility index (Phi) is 5.70. The number of thiazole rings is 1. The second kappa shape index (κ2) is 8.23. The van der Waals surface area contributed by atoms with E-state index in [2.05, 4.69) is 4.98 Å². The first-order chi connectivity index (χ1) is 13.5. The molecule has 0 spiro atoms. The molecule has 1 fully saturated rings. The first-order valence-corrected chi connectivity index (χ1v) is 12.6. The minimum absolute atomic E-state index is 0.00407. The molecule has 1 aliphatic rings. The Labute approximate surface area is 172 Å². The molecule has 0 unspecified atom stereocenters. The maximum absolute atomic E-state index is 12.7. The van der Waals surface area contributed by atoms with Crippen molar-refractivity contribution in [3.63, 3.8) is 0 Å². The van der Waals surface area contributed by atoms with E-state index >= 15 is 0 Å². The van der Waals surface area contributed by atoms with E-state index in [1.165, 1.54) is 11.8 Å². The third-order valence-corrected chi connectivity index (χ3v) is 9.15. The van der Waals surface area contributed by atoms with Crippen LogP contribution in [0, 0.1) is 0 Å². The van der Waals surface area contributed by atoms with Crippen molar-refractivity contribution >= 4 is 49.1 Å². The summed E-state index contributed by atoms with van der Waals surface area (Å²) in [5.74, 6) is 0.244. The predicted octanol–water partition coefficient (Wildman–Crippen LogP) is 3.78. The molecule has 3 aromatic rings. The summed E-state index contributed by atoms with van der Waals surface area (Å²) in [5, 5.41) is -0.539. The molecule has 2 heterocycles. The molecule has 1 aliphatic heterocycles. The van der Waals surface area contributed by atoms with Crippen LogP contribution in [0.2, 0.25) is 0 Å². The number of para-hydroxylation sites is 1. The van der Waals surface area contributed by atoms with E-state index in [4.69, 9.17) is 0 Å². The van der Waals surface area contributed by atoms with Gasteiger partial charge in [0.1, 0.15) is 0 Å². The van der Waals surface area contributed by atoms with Crippen LogP contribution in [0.3, 0.4) is 0 Å². The van der Waals surface area contributed by atoms with E-state index in [1.54, 1.807) is 16.2 Å². The minimum atomic E-state index is -3.27. The lowest BCUT2D eigenvalue weighted by Gasteiger charge is -2.19. The number of sulfone groups is 1. The number of benzene rings is 2. The molecule has 1 atom stereocenters. The summed E-state index contributed by atoms with van der Waals surface area (Å²) in [6.07, 6.45) is 0.434. The number of carbonyl (C=O) groups excluding carboxylic acids is 1. The summed E-state index contributed by atoms with van der Waals surface area (Å²) in [6, 6.07) is 17.2. The van der Waals surface area contributed by atoms with Gasteiger partial charge in [0.25, 0.3) is 0 Å². The first-order valence-electron chi connectivity index (χ1n) is 9.05. The molecule has 0 saturated carbocycles. The van der Waals surface area contributed by atoms with Crippen LogP contribution in [0.5, 0.6) is 0 Å². The summed E-state index contributed by atoms with van der Waals surface area (Å²) in [5.41, 5.74) is 1.75.